The molecule has 1 saturated heterocycles. The molecule has 3 unspecified atom stereocenters. The van der Waals surface area contributed by atoms with Gasteiger partial charge in [0.1, 0.15) is 23.6 Å². The highest BCUT2D eigenvalue weighted by atomic mass is 19.1. The average Bonchev–Trinajstić information content (AvgIpc) is 2.63. The van der Waals surface area contributed by atoms with E-state index in [1.165, 1.54) is 18.2 Å². The van der Waals surface area contributed by atoms with Crippen LogP contribution in [-0.2, 0) is 19.3 Å². The standard InChI is InChI=1S/C23H27F4N/c1-14-3-6-18(21(25)9-14)7-4-16-10-22(26)19(23(27)11-16)8-5-17-12-20(24)15(2)28-13-17/h3,6,9-11,15,17,20,28H,4-5,7-8,12-13H2,1-2H3. The van der Waals surface area contributed by atoms with Gasteiger partial charge in [-0.15, -0.1) is 0 Å². The number of halogens is 4. The summed E-state index contributed by atoms with van der Waals surface area (Å²) in [5.41, 5.74) is 1.94. The third-order valence-electron chi connectivity index (χ3n) is 5.72. The van der Waals surface area contributed by atoms with Crippen LogP contribution < -0.4 is 5.32 Å². The summed E-state index contributed by atoms with van der Waals surface area (Å²) in [6.07, 6.45) is 1.05. The van der Waals surface area contributed by atoms with Crippen molar-refractivity contribution in [3.8, 4) is 0 Å². The maximum atomic E-state index is 14.5. The topological polar surface area (TPSA) is 12.0 Å². The quantitative estimate of drug-likeness (QED) is 0.642. The van der Waals surface area contributed by atoms with Gasteiger partial charge in [-0.25, -0.2) is 17.6 Å². The summed E-state index contributed by atoms with van der Waals surface area (Å²) in [7, 11) is 0. The van der Waals surface area contributed by atoms with Gasteiger partial charge in [0.05, 0.1) is 0 Å². The molecule has 1 nitrogen and oxygen atoms in total. The van der Waals surface area contributed by atoms with Crippen LogP contribution in [0.5, 0.6) is 0 Å². The first-order chi connectivity index (χ1) is 13.3. The van der Waals surface area contributed by atoms with E-state index < -0.39 is 17.8 Å². The van der Waals surface area contributed by atoms with Crippen LogP contribution in [0.4, 0.5) is 17.6 Å². The van der Waals surface area contributed by atoms with Crippen LogP contribution in [0.1, 0.15) is 42.0 Å². The first-order valence-electron chi connectivity index (χ1n) is 9.92. The molecule has 1 fully saturated rings. The van der Waals surface area contributed by atoms with Gasteiger partial charge in [0.25, 0.3) is 0 Å². The fourth-order valence-electron chi connectivity index (χ4n) is 3.83. The van der Waals surface area contributed by atoms with Gasteiger partial charge in [0, 0.05) is 11.6 Å². The highest BCUT2D eigenvalue weighted by Crippen LogP contribution is 2.25. The second-order valence-electron chi connectivity index (χ2n) is 7.99. The van der Waals surface area contributed by atoms with Crippen LogP contribution in [0.15, 0.2) is 30.3 Å². The number of benzene rings is 2. The molecule has 0 aliphatic carbocycles. The van der Waals surface area contributed by atoms with Crippen molar-refractivity contribution >= 4 is 0 Å². The van der Waals surface area contributed by atoms with Crippen molar-refractivity contribution in [2.45, 2.75) is 58.2 Å². The molecule has 0 saturated carbocycles. The Hall–Kier alpha value is -1.88. The van der Waals surface area contributed by atoms with E-state index in [9.17, 15) is 17.6 Å². The van der Waals surface area contributed by atoms with Gasteiger partial charge in [0.15, 0.2) is 0 Å². The lowest BCUT2D eigenvalue weighted by Gasteiger charge is -2.30. The lowest BCUT2D eigenvalue weighted by Crippen LogP contribution is -2.44. The predicted octanol–water partition coefficient (Wildman–Crippen LogP) is 5.47. The number of hydrogen-bond donors (Lipinski definition) is 1. The average molecular weight is 393 g/mol. The first kappa shape index (κ1) is 20.8. The van der Waals surface area contributed by atoms with Gasteiger partial charge < -0.3 is 5.32 Å². The van der Waals surface area contributed by atoms with Crippen LogP contribution >= 0.6 is 0 Å². The summed E-state index contributed by atoms with van der Waals surface area (Å²) in [6.45, 7) is 4.29. The summed E-state index contributed by atoms with van der Waals surface area (Å²) < 4.78 is 56.6. The molecular weight excluding hydrogens is 366 g/mol. The van der Waals surface area contributed by atoms with Crippen LogP contribution in [-0.4, -0.2) is 18.8 Å². The molecule has 1 heterocycles. The smallest absolute Gasteiger partial charge is 0.129 e. The molecule has 0 amide bonds. The minimum absolute atomic E-state index is 0.0549. The van der Waals surface area contributed by atoms with Crippen molar-refractivity contribution in [2.75, 3.05) is 6.54 Å². The summed E-state index contributed by atoms with van der Waals surface area (Å²) >= 11 is 0. The SMILES string of the molecule is Cc1ccc(CCc2cc(F)c(CCC3CNC(C)C(F)C3)c(F)c2)c(F)c1. The van der Waals surface area contributed by atoms with E-state index in [0.29, 0.717) is 43.4 Å². The zero-order valence-electron chi connectivity index (χ0n) is 16.4. The van der Waals surface area contributed by atoms with E-state index in [-0.39, 0.29) is 29.8 Å². The summed E-state index contributed by atoms with van der Waals surface area (Å²) in [4.78, 5) is 0. The molecule has 5 heteroatoms. The first-order valence-corrected chi connectivity index (χ1v) is 9.92. The van der Waals surface area contributed by atoms with E-state index in [0.717, 1.165) is 5.56 Å². The summed E-state index contributed by atoms with van der Waals surface area (Å²) in [5, 5.41) is 3.10. The largest absolute Gasteiger partial charge is 0.311 e. The molecule has 152 valence electrons. The maximum Gasteiger partial charge on any atom is 0.129 e. The Bertz CT molecular complexity index is 797. The van der Waals surface area contributed by atoms with Crippen molar-refractivity contribution in [1.29, 1.82) is 0 Å². The monoisotopic (exact) mass is 393 g/mol. The molecule has 28 heavy (non-hydrogen) atoms. The third kappa shape index (κ3) is 5.13. The molecule has 0 spiro atoms. The van der Waals surface area contributed by atoms with E-state index in [1.54, 1.807) is 13.0 Å². The molecule has 0 radical (unpaired) electrons. The number of hydrogen-bond acceptors (Lipinski definition) is 1. The number of piperidine rings is 1. The van der Waals surface area contributed by atoms with Gasteiger partial charge in [-0.05, 0) is 93.3 Å². The normalized spacial score (nSPS) is 22.4. The van der Waals surface area contributed by atoms with Crippen LogP contribution in [0, 0.1) is 30.3 Å². The zero-order valence-corrected chi connectivity index (χ0v) is 16.4. The highest BCUT2D eigenvalue weighted by Gasteiger charge is 2.27. The Morgan fingerprint density at radius 2 is 1.68 bits per heavy atom. The van der Waals surface area contributed by atoms with Gasteiger partial charge >= 0.3 is 0 Å². The molecule has 3 rings (SSSR count). The van der Waals surface area contributed by atoms with E-state index in [2.05, 4.69) is 5.32 Å². The molecule has 2 aromatic carbocycles. The summed E-state index contributed by atoms with van der Waals surface area (Å²) in [6, 6.07) is 7.51. The Kier molecular flexibility index (Phi) is 6.76. The second kappa shape index (κ2) is 9.08. The van der Waals surface area contributed by atoms with Gasteiger partial charge in [-0.2, -0.15) is 0 Å². The Balaban J connectivity index is 1.61. The number of aryl methyl sites for hydroxylation is 3. The van der Waals surface area contributed by atoms with Crippen molar-refractivity contribution in [1.82, 2.24) is 5.32 Å². The van der Waals surface area contributed by atoms with E-state index >= 15 is 0 Å². The maximum absolute atomic E-state index is 14.5. The van der Waals surface area contributed by atoms with Crippen molar-refractivity contribution in [3.63, 3.8) is 0 Å². The van der Waals surface area contributed by atoms with Gasteiger partial charge in [-0.3, -0.25) is 0 Å². The van der Waals surface area contributed by atoms with Crippen molar-refractivity contribution in [2.24, 2.45) is 5.92 Å². The van der Waals surface area contributed by atoms with E-state index in [1.807, 2.05) is 13.0 Å². The number of rotatable bonds is 6. The second-order valence-corrected chi connectivity index (χ2v) is 7.99. The molecular formula is C23H27F4N. The molecule has 1 aliphatic heterocycles. The molecule has 0 bridgehead atoms. The van der Waals surface area contributed by atoms with Crippen LogP contribution in [0.25, 0.3) is 0 Å². The van der Waals surface area contributed by atoms with Gasteiger partial charge in [-0.1, -0.05) is 12.1 Å². The lowest BCUT2D eigenvalue weighted by atomic mass is 9.88. The number of nitrogens with one attached hydrogen (secondary N) is 1. The minimum Gasteiger partial charge on any atom is -0.311 e. The predicted molar refractivity (Wildman–Crippen MR) is 104 cm³/mol. The molecule has 1 N–H and O–H groups in total. The van der Waals surface area contributed by atoms with Crippen molar-refractivity contribution in [3.05, 3.63) is 70.0 Å². The number of alkyl halides is 1. The third-order valence-corrected chi connectivity index (χ3v) is 5.72. The fraction of sp³-hybridized carbons (Fsp3) is 0.478. The molecule has 2 aromatic rings. The Morgan fingerprint density at radius 1 is 0.964 bits per heavy atom. The van der Waals surface area contributed by atoms with Crippen LogP contribution in [0.2, 0.25) is 0 Å². The molecule has 0 aromatic heterocycles. The Labute approximate surface area is 164 Å². The van der Waals surface area contributed by atoms with Crippen LogP contribution in [0.3, 0.4) is 0 Å². The summed E-state index contributed by atoms with van der Waals surface area (Å²) in [5.74, 6) is -1.37. The molecule has 3 atom stereocenters. The minimum atomic E-state index is -0.919. The fourth-order valence-corrected chi connectivity index (χ4v) is 3.83. The van der Waals surface area contributed by atoms with E-state index in [4.69, 9.17) is 0 Å². The highest BCUT2D eigenvalue weighted by molar-refractivity contribution is 5.29. The Morgan fingerprint density at radius 3 is 2.32 bits per heavy atom. The van der Waals surface area contributed by atoms with Crippen molar-refractivity contribution < 1.29 is 17.6 Å². The lowest BCUT2D eigenvalue weighted by molar-refractivity contribution is 0.162. The zero-order chi connectivity index (χ0) is 20.3. The van der Waals surface area contributed by atoms with Gasteiger partial charge in [0.2, 0.25) is 0 Å². The molecule has 1 aliphatic rings.